The Morgan fingerprint density at radius 1 is 0.880 bits per heavy atom. The summed E-state index contributed by atoms with van der Waals surface area (Å²) in [7, 11) is 2.93. The Morgan fingerprint density at radius 3 is 2.12 bits per heavy atom. The maximum absolute atomic E-state index is 13.0. The first-order valence-electron chi connectivity index (χ1n) is 16.2. The van der Waals surface area contributed by atoms with Crippen molar-refractivity contribution in [2.24, 2.45) is 0 Å². The first kappa shape index (κ1) is 39.9. The van der Waals surface area contributed by atoms with Crippen LogP contribution in [-0.2, 0) is 29.4 Å². The van der Waals surface area contributed by atoms with Crippen LogP contribution in [0.5, 0.6) is 17.2 Å². The van der Waals surface area contributed by atoms with Gasteiger partial charge in [0.05, 0.1) is 39.2 Å². The average molecular weight is 711 g/mol. The van der Waals surface area contributed by atoms with Crippen molar-refractivity contribution < 1.29 is 46.4 Å². The molecule has 12 nitrogen and oxygen atoms in total. The van der Waals surface area contributed by atoms with E-state index in [0.717, 1.165) is 28.3 Å². The minimum Gasteiger partial charge on any atom is -0.497 e. The molecule has 0 bridgehead atoms. The number of amides is 1. The Balaban J connectivity index is 0.000000482. The van der Waals surface area contributed by atoms with Crippen molar-refractivity contribution in [1.29, 1.82) is 0 Å². The summed E-state index contributed by atoms with van der Waals surface area (Å²) in [6, 6.07) is 24.4. The van der Waals surface area contributed by atoms with Crippen LogP contribution in [0.15, 0.2) is 83.3 Å². The highest BCUT2D eigenvalue weighted by molar-refractivity contribution is 7.89. The molecule has 270 valence electrons. The molecule has 1 heterocycles. The lowest BCUT2D eigenvalue weighted by molar-refractivity contribution is -0.170. The molecule has 0 spiro atoms. The third-order valence-corrected chi connectivity index (χ3v) is 7.79. The SMILES string of the molecule is CCOC(=O)[C@@H](C)OSOOC.COc1ccc(OC(=O)N(C(C)C)[C@H](C)c2ccc(OCCc3nc(-c4ccccc4)oc3C)cc2)cc1. The molecular weight excluding hydrogens is 664 g/mol. The molecule has 4 rings (SSSR count). The summed E-state index contributed by atoms with van der Waals surface area (Å²) in [4.78, 5) is 34.5. The van der Waals surface area contributed by atoms with E-state index >= 15 is 0 Å². The van der Waals surface area contributed by atoms with Crippen LogP contribution in [0.3, 0.4) is 0 Å². The van der Waals surface area contributed by atoms with Crippen LogP contribution >= 0.6 is 12.3 Å². The van der Waals surface area contributed by atoms with Gasteiger partial charge in [-0.3, -0.25) is 9.08 Å². The quantitative estimate of drug-likeness (QED) is 0.0364. The third-order valence-electron chi connectivity index (χ3n) is 7.23. The second-order valence-corrected chi connectivity index (χ2v) is 11.5. The smallest absolute Gasteiger partial charge is 0.415 e. The zero-order valence-electron chi connectivity index (χ0n) is 29.7. The molecule has 0 aliphatic rings. The second-order valence-electron chi connectivity index (χ2n) is 11.1. The van der Waals surface area contributed by atoms with Crippen molar-refractivity contribution >= 4 is 24.4 Å². The standard InChI is InChI=1S/C31H34N2O5.C6H12O5S/c1-21(2)33(31(34)38-28-17-15-26(35-5)16-18-28)22(3)24-11-13-27(14-12-24)36-20-19-29-23(4)37-30(32-29)25-9-7-6-8-10-25;1-4-9-6(7)5(2)10-12-11-8-3/h6-18,21-22H,19-20H2,1-5H3;5H,4H2,1-3H3/t22-;5-/m11/s1. The normalized spacial score (nSPS) is 11.9. The summed E-state index contributed by atoms with van der Waals surface area (Å²) < 4.78 is 36.4. The van der Waals surface area contributed by atoms with Crippen LogP contribution in [0.1, 0.15) is 57.7 Å². The van der Waals surface area contributed by atoms with Crippen molar-refractivity contribution in [3.05, 3.63) is 95.9 Å². The molecule has 1 amide bonds. The summed E-state index contributed by atoms with van der Waals surface area (Å²) in [5, 5.41) is 0. The Labute approximate surface area is 298 Å². The summed E-state index contributed by atoms with van der Waals surface area (Å²) >= 11 is 0.592. The Bertz CT molecular complexity index is 1580. The maximum Gasteiger partial charge on any atom is 0.415 e. The van der Waals surface area contributed by atoms with Gasteiger partial charge < -0.3 is 23.4 Å². The van der Waals surface area contributed by atoms with Gasteiger partial charge in [0, 0.05) is 18.0 Å². The first-order chi connectivity index (χ1) is 24.1. The summed E-state index contributed by atoms with van der Waals surface area (Å²) in [6.07, 6.45) is -0.431. The molecule has 4 aromatic rings. The van der Waals surface area contributed by atoms with Gasteiger partial charge >= 0.3 is 12.1 Å². The van der Waals surface area contributed by atoms with Crippen LogP contribution in [-0.4, -0.2) is 61.5 Å². The number of aryl methyl sites for hydroxylation is 1. The topological polar surface area (TPSA) is 128 Å². The number of carbonyl (C=O) groups excluding carboxylic acids is 2. The summed E-state index contributed by atoms with van der Waals surface area (Å²) in [5.74, 6) is 2.92. The van der Waals surface area contributed by atoms with Crippen molar-refractivity contribution in [2.45, 2.75) is 66.2 Å². The van der Waals surface area contributed by atoms with Gasteiger partial charge in [0.1, 0.15) is 23.0 Å². The van der Waals surface area contributed by atoms with Crippen molar-refractivity contribution in [3.63, 3.8) is 0 Å². The summed E-state index contributed by atoms with van der Waals surface area (Å²) in [6.45, 7) is 11.9. The lowest BCUT2D eigenvalue weighted by Gasteiger charge is -2.32. The van der Waals surface area contributed by atoms with Gasteiger partial charge in [-0.15, -0.1) is 4.33 Å². The van der Waals surface area contributed by atoms with E-state index < -0.39 is 18.2 Å². The fourth-order valence-corrected chi connectivity index (χ4v) is 4.93. The molecule has 0 aliphatic carbocycles. The van der Waals surface area contributed by atoms with Crippen LogP contribution in [0.2, 0.25) is 0 Å². The number of oxazole rings is 1. The number of hydrogen-bond donors (Lipinski definition) is 0. The molecule has 0 N–H and O–H groups in total. The molecule has 0 saturated heterocycles. The molecule has 13 heteroatoms. The number of benzene rings is 3. The van der Waals surface area contributed by atoms with E-state index in [1.54, 1.807) is 50.1 Å². The van der Waals surface area contributed by atoms with E-state index in [1.807, 2.05) is 82.3 Å². The molecular formula is C37H46N2O10S. The van der Waals surface area contributed by atoms with E-state index in [0.29, 0.717) is 49.3 Å². The lowest BCUT2D eigenvalue weighted by atomic mass is 10.1. The Kier molecular flexibility index (Phi) is 16.6. The predicted octanol–water partition coefficient (Wildman–Crippen LogP) is 8.35. The van der Waals surface area contributed by atoms with Gasteiger partial charge in [0.15, 0.2) is 18.4 Å². The van der Waals surface area contributed by atoms with Crippen LogP contribution in [0.4, 0.5) is 4.79 Å². The van der Waals surface area contributed by atoms with E-state index in [-0.39, 0.29) is 12.1 Å². The molecule has 0 unspecified atom stereocenters. The first-order valence-corrected chi connectivity index (χ1v) is 16.8. The number of nitrogens with zero attached hydrogens (tertiary/aromatic N) is 2. The highest BCUT2D eigenvalue weighted by Crippen LogP contribution is 2.27. The Morgan fingerprint density at radius 2 is 1.52 bits per heavy atom. The molecule has 1 aromatic heterocycles. The fourth-order valence-electron chi connectivity index (χ4n) is 4.65. The van der Waals surface area contributed by atoms with Gasteiger partial charge in [-0.25, -0.2) is 19.5 Å². The number of rotatable bonds is 16. The number of hydrogen-bond acceptors (Lipinski definition) is 12. The predicted molar refractivity (Wildman–Crippen MR) is 190 cm³/mol. The lowest BCUT2D eigenvalue weighted by Crippen LogP contribution is -2.40. The minimum absolute atomic E-state index is 0.0573. The molecule has 3 aromatic carbocycles. The monoisotopic (exact) mass is 710 g/mol. The third kappa shape index (κ3) is 12.4. The van der Waals surface area contributed by atoms with E-state index in [9.17, 15) is 9.59 Å². The van der Waals surface area contributed by atoms with Gasteiger partial charge in [-0.1, -0.05) is 30.3 Å². The van der Waals surface area contributed by atoms with Crippen LogP contribution < -0.4 is 14.2 Å². The number of ether oxygens (including phenoxy) is 4. The van der Waals surface area contributed by atoms with E-state index in [4.69, 9.17) is 22.8 Å². The average Bonchev–Trinajstić information content (AvgIpc) is 3.49. The Hall–Kier alpha value is -4.56. The van der Waals surface area contributed by atoms with Gasteiger partial charge in [-0.05, 0) is 95.6 Å². The van der Waals surface area contributed by atoms with Crippen molar-refractivity contribution in [2.75, 3.05) is 27.4 Å². The minimum atomic E-state index is -0.662. The summed E-state index contributed by atoms with van der Waals surface area (Å²) in [5.41, 5.74) is 2.82. The zero-order chi connectivity index (χ0) is 36.5. The van der Waals surface area contributed by atoms with Crippen molar-refractivity contribution in [1.82, 2.24) is 9.88 Å². The van der Waals surface area contributed by atoms with Gasteiger partial charge in [0.2, 0.25) is 5.89 Å². The highest BCUT2D eigenvalue weighted by Gasteiger charge is 2.26. The molecule has 50 heavy (non-hydrogen) atoms. The largest absolute Gasteiger partial charge is 0.497 e. The zero-order valence-corrected chi connectivity index (χ0v) is 30.6. The molecule has 2 atom stereocenters. The van der Waals surface area contributed by atoms with Gasteiger partial charge in [0.25, 0.3) is 0 Å². The molecule has 0 radical (unpaired) electrons. The van der Waals surface area contributed by atoms with E-state index in [2.05, 4.69) is 18.9 Å². The fraction of sp³-hybridized carbons (Fsp3) is 0.378. The van der Waals surface area contributed by atoms with E-state index in [1.165, 1.54) is 7.11 Å². The molecule has 0 fully saturated rings. The maximum atomic E-state index is 13.0. The van der Waals surface area contributed by atoms with Crippen molar-refractivity contribution in [3.8, 4) is 28.7 Å². The number of carbonyl (C=O) groups is 2. The molecule has 0 aliphatic heterocycles. The number of methoxy groups -OCH3 is 1. The highest BCUT2D eigenvalue weighted by atomic mass is 32.2. The molecule has 0 saturated carbocycles. The van der Waals surface area contributed by atoms with Crippen LogP contribution in [0.25, 0.3) is 11.5 Å². The van der Waals surface area contributed by atoms with Gasteiger partial charge in [-0.2, -0.15) is 0 Å². The number of esters is 1. The second kappa shape index (κ2) is 20.8. The van der Waals surface area contributed by atoms with Crippen LogP contribution in [0, 0.1) is 6.92 Å². The number of aromatic nitrogens is 1.